The van der Waals surface area contributed by atoms with Gasteiger partial charge in [0.15, 0.2) is 0 Å². The van der Waals surface area contributed by atoms with Crippen LogP contribution >= 0.6 is 0 Å². The van der Waals surface area contributed by atoms with Crippen LogP contribution in [0, 0.1) is 29.6 Å². The summed E-state index contributed by atoms with van der Waals surface area (Å²) in [6, 6.07) is 0. The minimum atomic E-state index is -0.294. The molecule has 0 saturated heterocycles. The Hall–Kier alpha value is -0.0400. The first kappa shape index (κ1) is 12.4. The van der Waals surface area contributed by atoms with Crippen molar-refractivity contribution in [2.45, 2.75) is 65.4 Å². The molecule has 0 radical (unpaired) electrons. The van der Waals surface area contributed by atoms with Gasteiger partial charge >= 0.3 is 0 Å². The highest BCUT2D eigenvalue weighted by Gasteiger charge is 2.50. The van der Waals surface area contributed by atoms with E-state index in [-0.39, 0.29) is 5.60 Å². The Morgan fingerprint density at radius 2 is 1.50 bits per heavy atom. The van der Waals surface area contributed by atoms with Gasteiger partial charge in [-0.3, -0.25) is 0 Å². The van der Waals surface area contributed by atoms with E-state index in [0.717, 1.165) is 36.5 Å². The molecule has 94 valence electrons. The molecule has 0 aromatic rings. The highest BCUT2D eigenvalue weighted by molar-refractivity contribution is 5.01. The van der Waals surface area contributed by atoms with Crippen LogP contribution in [-0.4, -0.2) is 10.7 Å². The molecule has 1 heteroatoms. The number of aliphatic hydroxyl groups is 1. The summed E-state index contributed by atoms with van der Waals surface area (Å²) in [4.78, 5) is 0. The third-order valence-electron chi connectivity index (χ3n) is 5.11. The Kier molecular flexibility index (Phi) is 3.36. The molecule has 2 aliphatic carbocycles. The topological polar surface area (TPSA) is 20.2 Å². The second-order valence-electron chi connectivity index (χ2n) is 7.13. The van der Waals surface area contributed by atoms with Crippen molar-refractivity contribution in [3.63, 3.8) is 0 Å². The molecule has 2 fully saturated rings. The van der Waals surface area contributed by atoms with Gasteiger partial charge in [0.05, 0.1) is 5.60 Å². The molecule has 0 bridgehead atoms. The molecule has 1 nitrogen and oxygen atoms in total. The summed E-state index contributed by atoms with van der Waals surface area (Å²) in [6.45, 7) is 9.28. The van der Waals surface area contributed by atoms with Crippen LogP contribution < -0.4 is 0 Å². The molecule has 2 atom stereocenters. The number of hydrogen-bond acceptors (Lipinski definition) is 1. The smallest absolute Gasteiger partial charge is 0.0681 e. The maximum absolute atomic E-state index is 10.7. The van der Waals surface area contributed by atoms with Crippen molar-refractivity contribution in [3.8, 4) is 0 Å². The maximum Gasteiger partial charge on any atom is 0.0681 e. The van der Waals surface area contributed by atoms with Gasteiger partial charge in [0, 0.05) is 0 Å². The number of hydrogen-bond donors (Lipinski definition) is 1. The fraction of sp³-hybridized carbons (Fsp3) is 1.00. The van der Waals surface area contributed by atoms with E-state index in [1.165, 1.54) is 19.3 Å². The molecule has 0 amide bonds. The van der Waals surface area contributed by atoms with Gasteiger partial charge in [-0.05, 0) is 61.7 Å². The predicted molar refractivity (Wildman–Crippen MR) is 68.2 cm³/mol. The molecular weight excluding hydrogens is 196 g/mol. The summed E-state index contributed by atoms with van der Waals surface area (Å²) in [5.41, 5.74) is -0.294. The summed E-state index contributed by atoms with van der Waals surface area (Å²) in [5, 5.41) is 10.7. The Morgan fingerprint density at radius 3 is 1.94 bits per heavy atom. The SMILES string of the molecule is CC1CC(C)CC(C2(O)CC(C(C)C)C2)C1. The summed E-state index contributed by atoms with van der Waals surface area (Å²) in [6.07, 6.45) is 6.00. The Bertz CT molecular complexity index is 230. The van der Waals surface area contributed by atoms with Gasteiger partial charge in [-0.15, -0.1) is 0 Å². The van der Waals surface area contributed by atoms with E-state index < -0.39 is 0 Å². The van der Waals surface area contributed by atoms with Crippen LogP contribution in [0.2, 0.25) is 0 Å². The van der Waals surface area contributed by atoms with Gasteiger partial charge in [-0.25, -0.2) is 0 Å². The Balaban J connectivity index is 1.93. The molecule has 2 aliphatic rings. The molecule has 0 aromatic carbocycles. The molecular formula is C15H28O. The zero-order valence-electron chi connectivity index (χ0n) is 11.4. The van der Waals surface area contributed by atoms with Crippen molar-refractivity contribution in [3.05, 3.63) is 0 Å². The Morgan fingerprint density at radius 1 is 1.00 bits per heavy atom. The zero-order chi connectivity index (χ0) is 11.9. The minimum Gasteiger partial charge on any atom is -0.390 e. The van der Waals surface area contributed by atoms with Crippen LogP contribution in [-0.2, 0) is 0 Å². The van der Waals surface area contributed by atoms with E-state index in [1.54, 1.807) is 0 Å². The first-order valence-corrected chi connectivity index (χ1v) is 7.13. The van der Waals surface area contributed by atoms with Crippen molar-refractivity contribution >= 4 is 0 Å². The summed E-state index contributed by atoms with van der Waals surface area (Å²) in [5.74, 6) is 3.74. The molecule has 0 spiro atoms. The summed E-state index contributed by atoms with van der Waals surface area (Å²) in [7, 11) is 0. The molecule has 16 heavy (non-hydrogen) atoms. The zero-order valence-corrected chi connectivity index (χ0v) is 11.4. The van der Waals surface area contributed by atoms with E-state index in [9.17, 15) is 5.11 Å². The molecule has 2 rings (SSSR count). The molecule has 0 heterocycles. The first-order chi connectivity index (χ1) is 7.40. The molecule has 0 aliphatic heterocycles. The first-order valence-electron chi connectivity index (χ1n) is 7.13. The van der Waals surface area contributed by atoms with Crippen LogP contribution in [0.4, 0.5) is 0 Å². The fourth-order valence-electron chi connectivity index (χ4n) is 4.04. The quantitative estimate of drug-likeness (QED) is 0.755. The van der Waals surface area contributed by atoms with Crippen molar-refractivity contribution in [1.82, 2.24) is 0 Å². The van der Waals surface area contributed by atoms with Gasteiger partial charge in [0.25, 0.3) is 0 Å². The van der Waals surface area contributed by atoms with Crippen LogP contribution in [0.3, 0.4) is 0 Å². The average molecular weight is 224 g/mol. The highest BCUT2D eigenvalue weighted by Crippen LogP contribution is 2.51. The van der Waals surface area contributed by atoms with E-state index in [2.05, 4.69) is 27.7 Å². The minimum absolute atomic E-state index is 0.294. The predicted octanol–water partition coefficient (Wildman–Crippen LogP) is 3.86. The fourth-order valence-corrected chi connectivity index (χ4v) is 4.04. The maximum atomic E-state index is 10.7. The molecule has 2 unspecified atom stereocenters. The summed E-state index contributed by atoms with van der Waals surface area (Å²) < 4.78 is 0. The van der Waals surface area contributed by atoms with E-state index in [1.807, 2.05) is 0 Å². The third kappa shape index (κ3) is 2.30. The van der Waals surface area contributed by atoms with E-state index in [4.69, 9.17) is 0 Å². The average Bonchev–Trinajstić information content (AvgIpc) is 2.10. The van der Waals surface area contributed by atoms with E-state index in [0.29, 0.717) is 5.92 Å². The lowest BCUT2D eigenvalue weighted by Crippen LogP contribution is -2.53. The largest absolute Gasteiger partial charge is 0.390 e. The van der Waals surface area contributed by atoms with Crippen LogP contribution in [0.5, 0.6) is 0 Å². The number of rotatable bonds is 2. The third-order valence-corrected chi connectivity index (χ3v) is 5.11. The van der Waals surface area contributed by atoms with Crippen LogP contribution in [0.15, 0.2) is 0 Å². The van der Waals surface area contributed by atoms with Gasteiger partial charge in [0.2, 0.25) is 0 Å². The highest BCUT2D eigenvalue weighted by atomic mass is 16.3. The van der Waals surface area contributed by atoms with Gasteiger partial charge in [0.1, 0.15) is 0 Å². The molecule has 1 N–H and O–H groups in total. The van der Waals surface area contributed by atoms with E-state index >= 15 is 0 Å². The molecule has 0 aromatic heterocycles. The normalized spacial score (nSPS) is 49.1. The van der Waals surface area contributed by atoms with Gasteiger partial charge < -0.3 is 5.11 Å². The van der Waals surface area contributed by atoms with Crippen molar-refractivity contribution in [1.29, 1.82) is 0 Å². The van der Waals surface area contributed by atoms with Crippen molar-refractivity contribution in [2.24, 2.45) is 29.6 Å². The lowest BCUT2D eigenvalue weighted by molar-refractivity contribution is -0.144. The van der Waals surface area contributed by atoms with Crippen LogP contribution in [0.25, 0.3) is 0 Å². The standard InChI is InChI=1S/C15H28O/c1-10(2)13-8-15(16,9-13)14-6-11(3)5-12(4)7-14/h10-14,16H,5-9H2,1-4H3. The van der Waals surface area contributed by atoms with Gasteiger partial charge in [-0.1, -0.05) is 27.7 Å². The lowest BCUT2D eigenvalue weighted by Gasteiger charge is -2.53. The Labute approximate surface area is 101 Å². The second kappa shape index (κ2) is 4.33. The second-order valence-corrected chi connectivity index (χ2v) is 7.13. The van der Waals surface area contributed by atoms with Gasteiger partial charge in [-0.2, -0.15) is 0 Å². The molecule has 2 saturated carbocycles. The monoisotopic (exact) mass is 224 g/mol. The van der Waals surface area contributed by atoms with Crippen molar-refractivity contribution in [2.75, 3.05) is 0 Å². The lowest BCUT2D eigenvalue weighted by atomic mass is 9.56. The van der Waals surface area contributed by atoms with Crippen LogP contribution in [0.1, 0.15) is 59.8 Å². The van der Waals surface area contributed by atoms with Crippen molar-refractivity contribution < 1.29 is 5.11 Å². The summed E-state index contributed by atoms with van der Waals surface area (Å²) >= 11 is 0.